The predicted molar refractivity (Wildman–Crippen MR) is 55.7 cm³/mol. The summed E-state index contributed by atoms with van der Waals surface area (Å²) in [6.45, 7) is 1.34. The molecule has 0 saturated carbocycles. The molecule has 3 nitrogen and oxygen atoms in total. The van der Waals surface area contributed by atoms with Crippen LogP contribution in [0.3, 0.4) is 0 Å². The Labute approximate surface area is 88.6 Å². The van der Waals surface area contributed by atoms with Crippen LogP contribution in [-0.2, 0) is 9.53 Å². The molecular formula is C12H11NO2. The maximum Gasteiger partial charge on any atom is 0.303 e. The summed E-state index contributed by atoms with van der Waals surface area (Å²) in [4.78, 5) is 10.9. The fourth-order valence-corrected chi connectivity index (χ4v) is 1.17. The topological polar surface area (TPSA) is 50.1 Å². The van der Waals surface area contributed by atoms with Gasteiger partial charge in [0.15, 0.2) is 0 Å². The summed E-state index contributed by atoms with van der Waals surface area (Å²) in [7, 11) is 0. The molecule has 3 heteroatoms. The summed E-state index contributed by atoms with van der Waals surface area (Å²) >= 11 is 0. The van der Waals surface area contributed by atoms with E-state index in [2.05, 4.69) is 0 Å². The maximum absolute atomic E-state index is 10.9. The van der Waals surface area contributed by atoms with Gasteiger partial charge in [0.2, 0.25) is 0 Å². The lowest BCUT2D eigenvalue weighted by molar-refractivity contribution is -0.144. The summed E-state index contributed by atoms with van der Waals surface area (Å²) < 4.78 is 5.06. The standard InChI is InChI=1S/C12H11NO2/c1-10(14)15-12(8-5-9-13)11-6-3-2-4-7-11/h2-8,12H,1H3/t12-/m0/s1. The van der Waals surface area contributed by atoms with Crippen LogP contribution in [0.5, 0.6) is 0 Å². The van der Waals surface area contributed by atoms with Crippen LogP contribution < -0.4 is 0 Å². The van der Waals surface area contributed by atoms with Crippen molar-refractivity contribution in [3.05, 3.63) is 48.0 Å². The second kappa shape index (κ2) is 5.61. The lowest BCUT2D eigenvalue weighted by Gasteiger charge is -2.12. The second-order valence-electron chi connectivity index (χ2n) is 2.93. The summed E-state index contributed by atoms with van der Waals surface area (Å²) in [5.74, 6) is -0.369. The zero-order valence-electron chi connectivity index (χ0n) is 8.38. The van der Waals surface area contributed by atoms with Crippen molar-refractivity contribution in [1.82, 2.24) is 0 Å². The van der Waals surface area contributed by atoms with E-state index in [1.807, 2.05) is 36.4 Å². The van der Waals surface area contributed by atoms with E-state index < -0.39 is 6.10 Å². The molecule has 1 aromatic rings. The van der Waals surface area contributed by atoms with E-state index in [1.54, 1.807) is 6.08 Å². The van der Waals surface area contributed by atoms with Crippen molar-refractivity contribution in [3.8, 4) is 6.07 Å². The van der Waals surface area contributed by atoms with Gasteiger partial charge in [0.25, 0.3) is 0 Å². The summed E-state index contributed by atoms with van der Waals surface area (Å²) in [6, 6.07) is 11.1. The third kappa shape index (κ3) is 3.65. The van der Waals surface area contributed by atoms with Crippen molar-refractivity contribution in [3.63, 3.8) is 0 Å². The molecule has 0 fully saturated rings. The molecule has 0 aliphatic rings. The third-order valence-electron chi connectivity index (χ3n) is 1.77. The molecule has 0 bridgehead atoms. The molecule has 0 aliphatic heterocycles. The first kappa shape index (κ1) is 11.0. The molecule has 0 spiro atoms. The van der Waals surface area contributed by atoms with Crippen LogP contribution in [0.25, 0.3) is 0 Å². The van der Waals surface area contributed by atoms with Gasteiger partial charge in [-0.1, -0.05) is 30.3 Å². The third-order valence-corrected chi connectivity index (χ3v) is 1.77. The Kier molecular flexibility index (Phi) is 4.11. The quantitative estimate of drug-likeness (QED) is 0.557. The highest BCUT2D eigenvalue weighted by Crippen LogP contribution is 2.18. The van der Waals surface area contributed by atoms with Crippen molar-refractivity contribution in [1.29, 1.82) is 5.26 Å². The van der Waals surface area contributed by atoms with E-state index in [0.29, 0.717) is 0 Å². The minimum absolute atomic E-state index is 0.369. The largest absolute Gasteiger partial charge is 0.453 e. The molecule has 0 radical (unpaired) electrons. The van der Waals surface area contributed by atoms with Crippen LogP contribution in [0.4, 0.5) is 0 Å². The first-order valence-electron chi connectivity index (χ1n) is 4.52. The van der Waals surface area contributed by atoms with Gasteiger partial charge in [-0.15, -0.1) is 0 Å². The van der Waals surface area contributed by atoms with Crippen LogP contribution in [0, 0.1) is 11.3 Å². The summed E-state index contributed by atoms with van der Waals surface area (Å²) in [5, 5.41) is 8.42. The second-order valence-corrected chi connectivity index (χ2v) is 2.93. The van der Waals surface area contributed by atoms with E-state index in [-0.39, 0.29) is 5.97 Å². The molecule has 0 saturated heterocycles. The van der Waals surface area contributed by atoms with Gasteiger partial charge in [-0.05, 0) is 11.6 Å². The normalized spacial score (nSPS) is 12.0. The zero-order valence-corrected chi connectivity index (χ0v) is 8.38. The van der Waals surface area contributed by atoms with Gasteiger partial charge in [-0.25, -0.2) is 0 Å². The lowest BCUT2D eigenvalue weighted by Crippen LogP contribution is -2.05. The van der Waals surface area contributed by atoms with Gasteiger partial charge in [-0.3, -0.25) is 4.79 Å². The number of allylic oxidation sites excluding steroid dienone is 1. The first-order chi connectivity index (χ1) is 7.24. The molecule has 15 heavy (non-hydrogen) atoms. The molecule has 0 N–H and O–H groups in total. The fraction of sp³-hybridized carbons (Fsp3) is 0.167. The Balaban J connectivity index is 2.87. The van der Waals surface area contributed by atoms with Crippen LogP contribution >= 0.6 is 0 Å². The van der Waals surface area contributed by atoms with Gasteiger partial charge < -0.3 is 4.74 Å². The number of carbonyl (C=O) groups is 1. The minimum atomic E-state index is -0.483. The average molecular weight is 201 g/mol. The van der Waals surface area contributed by atoms with E-state index >= 15 is 0 Å². The number of ether oxygens (including phenoxy) is 1. The monoisotopic (exact) mass is 201 g/mol. The number of nitrogens with zero attached hydrogens (tertiary/aromatic N) is 1. The Morgan fingerprint density at radius 2 is 2.13 bits per heavy atom. The molecule has 1 aromatic carbocycles. The number of carbonyl (C=O) groups excluding carboxylic acids is 1. The van der Waals surface area contributed by atoms with Crippen molar-refractivity contribution < 1.29 is 9.53 Å². The molecule has 0 aromatic heterocycles. The van der Waals surface area contributed by atoms with Crippen molar-refractivity contribution in [2.24, 2.45) is 0 Å². The van der Waals surface area contributed by atoms with Crippen molar-refractivity contribution >= 4 is 5.97 Å². The van der Waals surface area contributed by atoms with Crippen molar-refractivity contribution in [2.75, 3.05) is 0 Å². The number of esters is 1. The molecule has 76 valence electrons. The molecule has 1 atom stereocenters. The number of rotatable bonds is 3. The molecule has 0 heterocycles. The Hall–Kier alpha value is -2.08. The molecular weight excluding hydrogens is 190 g/mol. The number of benzene rings is 1. The van der Waals surface area contributed by atoms with Crippen LogP contribution in [-0.4, -0.2) is 5.97 Å². The van der Waals surface area contributed by atoms with Gasteiger partial charge in [-0.2, -0.15) is 5.26 Å². The SMILES string of the molecule is CC(=O)O[C@@H](C=CC#N)c1ccccc1. The Bertz CT molecular complexity index is 390. The fourth-order valence-electron chi connectivity index (χ4n) is 1.17. The van der Waals surface area contributed by atoms with Crippen LogP contribution in [0.2, 0.25) is 0 Å². The van der Waals surface area contributed by atoms with Crippen LogP contribution in [0.15, 0.2) is 42.5 Å². The highest BCUT2D eigenvalue weighted by Gasteiger charge is 2.09. The first-order valence-corrected chi connectivity index (χ1v) is 4.52. The summed E-state index contributed by atoms with van der Waals surface area (Å²) in [5.41, 5.74) is 0.846. The van der Waals surface area contributed by atoms with Crippen molar-refractivity contribution in [2.45, 2.75) is 13.0 Å². The van der Waals surface area contributed by atoms with Gasteiger partial charge >= 0.3 is 5.97 Å². The average Bonchev–Trinajstić information content (AvgIpc) is 2.25. The van der Waals surface area contributed by atoms with E-state index in [4.69, 9.17) is 10.00 Å². The Morgan fingerprint density at radius 1 is 1.47 bits per heavy atom. The highest BCUT2D eigenvalue weighted by atomic mass is 16.5. The number of nitriles is 1. The number of hydrogen-bond donors (Lipinski definition) is 0. The molecule has 0 aliphatic carbocycles. The molecule has 0 unspecified atom stereocenters. The molecule has 0 amide bonds. The lowest BCUT2D eigenvalue weighted by atomic mass is 10.1. The highest BCUT2D eigenvalue weighted by molar-refractivity contribution is 5.66. The molecule has 1 rings (SSSR count). The van der Waals surface area contributed by atoms with E-state index in [0.717, 1.165) is 5.56 Å². The van der Waals surface area contributed by atoms with E-state index in [9.17, 15) is 4.79 Å². The summed E-state index contributed by atoms with van der Waals surface area (Å²) in [6.07, 6.45) is 2.38. The van der Waals surface area contributed by atoms with Crippen LogP contribution in [0.1, 0.15) is 18.6 Å². The maximum atomic E-state index is 10.9. The number of hydrogen-bond acceptors (Lipinski definition) is 3. The van der Waals surface area contributed by atoms with Gasteiger partial charge in [0, 0.05) is 13.0 Å². The van der Waals surface area contributed by atoms with Gasteiger partial charge in [0.1, 0.15) is 6.10 Å². The smallest absolute Gasteiger partial charge is 0.303 e. The van der Waals surface area contributed by atoms with E-state index in [1.165, 1.54) is 13.0 Å². The van der Waals surface area contributed by atoms with Gasteiger partial charge in [0.05, 0.1) is 6.07 Å². The predicted octanol–water partition coefficient (Wildman–Crippen LogP) is 2.37. The minimum Gasteiger partial charge on any atom is -0.453 e. The zero-order chi connectivity index (χ0) is 11.1. The Morgan fingerprint density at radius 3 is 2.67 bits per heavy atom.